The third kappa shape index (κ3) is 3.97. The Morgan fingerprint density at radius 1 is 1.03 bits per heavy atom. The molecule has 2 heterocycles. The lowest BCUT2D eigenvalue weighted by Crippen LogP contribution is -2.62. The molecule has 0 aromatic carbocycles. The van der Waals surface area contributed by atoms with Gasteiger partial charge in [0.25, 0.3) is 0 Å². The number of ether oxygens (including phenoxy) is 4. The molecule has 1 saturated heterocycles. The molecule has 12 atom stereocenters. The molecule has 4 aliphatic carbocycles. The van der Waals surface area contributed by atoms with Crippen molar-refractivity contribution < 1.29 is 34.0 Å². The number of esters is 1. The zero-order valence-corrected chi connectivity index (χ0v) is 23.0. The van der Waals surface area contributed by atoms with Crippen LogP contribution in [0.15, 0.2) is 11.6 Å². The van der Waals surface area contributed by atoms with Gasteiger partial charge in [0.15, 0.2) is 6.29 Å². The molecule has 6 unspecified atom stereocenters. The number of methoxy groups -OCH3 is 1. The Morgan fingerprint density at radius 3 is 2.57 bits per heavy atom. The fourth-order valence-electron chi connectivity index (χ4n) is 10.0. The fourth-order valence-corrected chi connectivity index (χ4v) is 10.0. The van der Waals surface area contributed by atoms with Crippen LogP contribution in [0.4, 0.5) is 0 Å². The van der Waals surface area contributed by atoms with Crippen molar-refractivity contribution in [2.45, 2.75) is 121 Å². The standard InChI is InChI=1S/C30H46O7/c1-17-27(32)24(34-4)15-26(36-17)37-20-7-10-28(2)19(14-20)5-6-23-22(28)8-11-29(3)21(9-12-30(23,29)33)18-13-25(31)35-16-18/h13,17,19-24,26-27,32-33H,5-12,14-16H2,1-4H3/t17-,19-,20+,21?,22?,23?,24+,26+,27-,28?,29?,30?/m1/s1. The molecular formula is C30H46O7. The Balaban J connectivity index is 1.15. The van der Waals surface area contributed by atoms with Crippen molar-refractivity contribution in [3.8, 4) is 0 Å². The van der Waals surface area contributed by atoms with Crippen LogP contribution in [0.1, 0.15) is 85.0 Å². The van der Waals surface area contributed by atoms with E-state index < -0.39 is 11.7 Å². The highest BCUT2D eigenvalue weighted by atomic mass is 16.7. The van der Waals surface area contributed by atoms with Gasteiger partial charge in [-0.1, -0.05) is 13.8 Å². The summed E-state index contributed by atoms with van der Waals surface area (Å²) in [5.41, 5.74) is 0.461. The Labute approximate surface area is 221 Å². The van der Waals surface area contributed by atoms with Crippen molar-refractivity contribution in [1.82, 2.24) is 0 Å². The molecule has 7 heteroatoms. The maximum absolute atomic E-state index is 12.4. The lowest BCUT2D eigenvalue weighted by Gasteiger charge is -2.64. The summed E-state index contributed by atoms with van der Waals surface area (Å²) < 4.78 is 23.2. The summed E-state index contributed by atoms with van der Waals surface area (Å²) in [6.07, 6.45) is 10.2. The third-order valence-corrected chi connectivity index (χ3v) is 12.2. The lowest BCUT2D eigenvalue weighted by molar-refractivity contribution is -0.273. The summed E-state index contributed by atoms with van der Waals surface area (Å²) in [6.45, 7) is 7.07. The van der Waals surface area contributed by atoms with Gasteiger partial charge in [0.2, 0.25) is 0 Å². The van der Waals surface area contributed by atoms with Crippen molar-refractivity contribution >= 4 is 5.97 Å². The Morgan fingerprint density at radius 2 is 1.84 bits per heavy atom. The number of hydrogen-bond acceptors (Lipinski definition) is 7. The predicted molar refractivity (Wildman–Crippen MR) is 136 cm³/mol. The second-order valence-corrected chi connectivity index (χ2v) is 13.6. The van der Waals surface area contributed by atoms with E-state index in [0.717, 1.165) is 63.4 Å². The van der Waals surface area contributed by atoms with Crippen LogP contribution in [-0.4, -0.2) is 66.2 Å². The zero-order chi connectivity index (χ0) is 26.2. The average molecular weight is 519 g/mol. The molecule has 6 aliphatic rings. The van der Waals surface area contributed by atoms with Crippen LogP contribution in [0.5, 0.6) is 0 Å². The van der Waals surface area contributed by atoms with Crippen molar-refractivity contribution in [2.24, 2.45) is 34.5 Å². The molecular weight excluding hydrogens is 472 g/mol. The van der Waals surface area contributed by atoms with Crippen molar-refractivity contribution in [2.75, 3.05) is 13.7 Å². The first-order valence-electron chi connectivity index (χ1n) is 14.7. The molecule has 6 rings (SSSR count). The third-order valence-electron chi connectivity index (χ3n) is 12.2. The molecule has 0 aromatic rings. The maximum Gasteiger partial charge on any atom is 0.331 e. The first kappa shape index (κ1) is 26.2. The van der Waals surface area contributed by atoms with Crippen LogP contribution in [-0.2, 0) is 23.7 Å². The van der Waals surface area contributed by atoms with Gasteiger partial charge in [0.1, 0.15) is 12.7 Å². The number of hydrogen-bond donors (Lipinski definition) is 2. The van der Waals surface area contributed by atoms with Crippen molar-refractivity contribution in [3.05, 3.63) is 11.6 Å². The normalized spacial score (nSPS) is 53.6. The van der Waals surface area contributed by atoms with E-state index in [1.165, 1.54) is 0 Å². The van der Waals surface area contributed by atoms with E-state index >= 15 is 0 Å². The number of rotatable bonds is 4. The summed E-state index contributed by atoms with van der Waals surface area (Å²) in [4.78, 5) is 11.8. The van der Waals surface area contributed by atoms with Crippen molar-refractivity contribution in [1.29, 1.82) is 0 Å². The maximum atomic E-state index is 12.4. The number of carbonyl (C=O) groups is 1. The van der Waals surface area contributed by atoms with Crippen LogP contribution < -0.4 is 0 Å². The monoisotopic (exact) mass is 518 g/mol. The fraction of sp³-hybridized carbons (Fsp3) is 0.900. The quantitative estimate of drug-likeness (QED) is 0.427. The van der Waals surface area contributed by atoms with Gasteiger partial charge in [-0.2, -0.15) is 0 Å². The van der Waals surface area contributed by atoms with E-state index in [1.807, 2.05) is 6.92 Å². The molecule has 2 N–H and O–H groups in total. The minimum absolute atomic E-state index is 0.166. The van der Waals surface area contributed by atoms with Gasteiger partial charge in [0, 0.05) is 25.0 Å². The van der Waals surface area contributed by atoms with Gasteiger partial charge in [-0.3, -0.25) is 0 Å². The van der Waals surface area contributed by atoms with Crippen LogP contribution in [0, 0.1) is 34.5 Å². The summed E-state index contributed by atoms with van der Waals surface area (Å²) in [6, 6.07) is 0. The highest BCUT2D eigenvalue weighted by molar-refractivity contribution is 5.85. The molecule has 0 amide bonds. The van der Waals surface area contributed by atoms with Gasteiger partial charge < -0.3 is 29.2 Å². The number of aliphatic hydroxyl groups is 2. The molecule has 5 fully saturated rings. The van der Waals surface area contributed by atoms with Gasteiger partial charge in [-0.25, -0.2) is 4.79 Å². The molecule has 0 spiro atoms. The van der Waals surface area contributed by atoms with E-state index in [4.69, 9.17) is 18.9 Å². The van der Waals surface area contributed by atoms with Crippen LogP contribution in [0.3, 0.4) is 0 Å². The number of cyclic esters (lactones) is 1. The van der Waals surface area contributed by atoms with E-state index in [2.05, 4.69) is 13.8 Å². The molecule has 4 saturated carbocycles. The van der Waals surface area contributed by atoms with E-state index in [9.17, 15) is 15.0 Å². The summed E-state index contributed by atoms with van der Waals surface area (Å²) in [7, 11) is 1.64. The summed E-state index contributed by atoms with van der Waals surface area (Å²) in [5.74, 6) is 1.45. The highest BCUT2D eigenvalue weighted by Crippen LogP contribution is 2.70. The molecule has 0 aromatic heterocycles. The topological polar surface area (TPSA) is 94.5 Å². The summed E-state index contributed by atoms with van der Waals surface area (Å²) in [5, 5.41) is 22.7. The SMILES string of the molecule is CO[C@H]1C[C@H](O[C@H]2CCC3(C)C4CCC5(C)C(C6=CC(=O)OC6)CCC5(O)C4CC[C@@H]3C2)O[C@H](C)[C@H]1O. The predicted octanol–water partition coefficient (Wildman–Crippen LogP) is 4.14. The minimum Gasteiger partial charge on any atom is -0.458 e. The average Bonchev–Trinajstić information content (AvgIpc) is 3.41. The highest BCUT2D eigenvalue weighted by Gasteiger charge is 2.67. The minimum atomic E-state index is -0.670. The van der Waals surface area contributed by atoms with E-state index in [0.29, 0.717) is 30.8 Å². The number of aliphatic hydroxyl groups excluding tert-OH is 1. The summed E-state index contributed by atoms with van der Waals surface area (Å²) >= 11 is 0. The smallest absolute Gasteiger partial charge is 0.331 e. The largest absolute Gasteiger partial charge is 0.458 e. The second-order valence-electron chi connectivity index (χ2n) is 13.6. The molecule has 208 valence electrons. The Hall–Kier alpha value is -0.990. The Kier molecular flexibility index (Phi) is 6.59. The molecule has 37 heavy (non-hydrogen) atoms. The first-order chi connectivity index (χ1) is 17.6. The van der Waals surface area contributed by atoms with Crippen molar-refractivity contribution in [3.63, 3.8) is 0 Å². The van der Waals surface area contributed by atoms with Gasteiger partial charge in [-0.15, -0.1) is 0 Å². The number of fused-ring (bicyclic) bond motifs is 5. The van der Waals surface area contributed by atoms with E-state index in [-0.39, 0.29) is 47.3 Å². The number of carbonyl (C=O) groups excluding carboxylic acids is 1. The first-order valence-corrected chi connectivity index (χ1v) is 14.7. The van der Waals surface area contributed by atoms with Gasteiger partial charge in [0.05, 0.1) is 23.9 Å². The van der Waals surface area contributed by atoms with Crippen LogP contribution in [0.25, 0.3) is 0 Å². The Bertz CT molecular complexity index is 935. The van der Waals surface area contributed by atoms with Gasteiger partial charge in [-0.05, 0) is 99.4 Å². The molecule has 2 aliphatic heterocycles. The van der Waals surface area contributed by atoms with Crippen LogP contribution in [0.2, 0.25) is 0 Å². The lowest BCUT2D eigenvalue weighted by atomic mass is 9.43. The van der Waals surface area contributed by atoms with Gasteiger partial charge >= 0.3 is 5.97 Å². The molecule has 7 nitrogen and oxygen atoms in total. The molecule has 0 bridgehead atoms. The molecule has 0 radical (unpaired) electrons. The van der Waals surface area contributed by atoms with Crippen LogP contribution >= 0.6 is 0 Å². The zero-order valence-electron chi connectivity index (χ0n) is 23.0. The second kappa shape index (κ2) is 9.29. The van der Waals surface area contributed by atoms with E-state index in [1.54, 1.807) is 13.2 Å².